The summed E-state index contributed by atoms with van der Waals surface area (Å²) in [5, 5.41) is 0. The molecule has 0 spiro atoms. The molecule has 6 nitrogen and oxygen atoms in total. The predicted molar refractivity (Wildman–Crippen MR) is 108 cm³/mol. The van der Waals surface area contributed by atoms with Gasteiger partial charge in [-0.1, -0.05) is 24.6 Å². The van der Waals surface area contributed by atoms with E-state index in [2.05, 4.69) is 4.98 Å². The summed E-state index contributed by atoms with van der Waals surface area (Å²) >= 11 is 0. The fourth-order valence-electron chi connectivity index (χ4n) is 3.35. The molecule has 0 radical (unpaired) electrons. The van der Waals surface area contributed by atoms with E-state index in [-0.39, 0.29) is 17.4 Å². The van der Waals surface area contributed by atoms with Crippen LogP contribution >= 0.6 is 0 Å². The maximum absolute atomic E-state index is 13.3. The number of ketones is 1. The summed E-state index contributed by atoms with van der Waals surface area (Å²) in [4.78, 5) is 42.7. The molecule has 0 saturated heterocycles. The average Bonchev–Trinajstić information content (AvgIpc) is 2.98. The van der Waals surface area contributed by atoms with Gasteiger partial charge in [0.2, 0.25) is 0 Å². The molecule has 1 atom stereocenters. The van der Waals surface area contributed by atoms with Crippen molar-refractivity contribution in [2.45, 2.75) is 47.1 Å². The normalized spacial score (nSPS) is 11.8. The van der Waals surface area contributed by atoms with Gasteiger partial charge in [-0.15, -0.1) is 0 Å². The number of rotatable bonds is 7. The molecular formula is C22H28N2O4. The minimum atomic E-state index is -0.660. The van der Waals surface area contributed by atoms with E-state index in [0.717, 1.165) is 12.0 Å². The number of nitrogens with one attached hydrogen (secondary N) is 1. The molecule has 6 heteroatoms. The van der Waals surface area contributed by atoms with Gasteiger partial charge >= 0.3 is 5.97 Å². The number of methoxy groups -OCH3 is 1. The van der Waals surface area contributed by atoms with Gasteiger partial charge in [0, 0.05) is 23.4 Å². The SMILES string of the molecule is CCCN(C(=O)c1ccc(C)cc1)[C@H](C)C(=O)c1c(C)[nH]c(C(=O)OC)c1C. The molecule has 0 aliphatic carbocycles. The zero-order valence-electron chi connectivity index (χ0n) is 17.4. The van der Waals surface area contributed by atoms with Crippen LogP contribution in [-0.2, 0) is 4.74 Å². The first-order chi connectivity index (χ1) is 13.2. The third kappa shape index (κ3) is 4.16. The molecule has 0 unspecified atom stereocenters. The van der Waals surface area contributed by atoms with Crippen LogP contribution in [0.3, 0.4) is 0 Å². The highest BCUT2D eigenvalue weighted by Crippen LogP contribution is 2.23. The van der Waals surface area contributed by atoms with E-state index in [9.17, 15) is 14.4 Å². The highest BCUT2D eigenvalue weighted by Gasteiger charge is 2.31. The third-order valence-electron chi connectivity index (χ3n) is 4.94. The van der Waals surface area contributed by atoms with Crippen LogP contribution in [0.2, 0.25) is 0 Å². The first-order valence-corrected chi connectivity index (χ1v) is 9.42. The van der Waals surface area contributed by atoms with Crippen LogP contribution in [0.1, 0.15) is 68.3 Å². The number of ether oxygens (including phenoxy) is 1. The van der Waals surface area contributed by atoms with Gasteiger partial charge in [0.25, 0.3) is 5.91 Å². The number of esters is 1. The summed E-state index contributed by atoms with van der Waals surface area (Å²) < 4.78 is 4.77. The third-order valence-corrected chi connectivity index (χ3v) is 4.94. The van der Waals surface area contributed by atoms with E-state index in [1.54, 1.807) is 37.8 Å². The summed E-state index contributed by atoms with van der Waals surface area (Å²) in [7, 11) is 1.30. The second-order valence-electron chi connectivity index (χ2n) is 7.02. The molecule has 0 aliphatic rings. The fourth-order valence-corrected chi connectivity index (χ4v) is 3.35. The van der Waals surface area contributed by atoms with Crippen molar-refractivity contribution >= 4 is 17.7 Å². The molecule has 0 saturated carbocycles. The minimum absolute atomic E-state index is 0.179. The van der Waals surface area contributed by atoms with Crippen LogP contribution in [-0.4, -0.2) is 47.2 Å². The lowest BCUT2D eigenvalue weighted by Crippen LogP contribution is -2.44. The molecule has 2 aromatic rings. The van der Waals surface area contributed by atoms with E-state index in [4.69, 9.17) is 4.74 Å². The van der Waals surface area contributed by atoms with E-state index in [1.165, 1.54) is 7.11 Å². The lowest BCUT2D eigenvalue weighted by atomic mass is 9.99. The smallest absolute Gasteiger partial charge is 0.354 e. The van der Waals surface area contributed by atoms with Crippen molar-refractivity contribution in [2.24, 2.45) is 0 Å². The summed E-state index contributed by atoms with van der Waals surface area (Å²) in [6.45, 7) is 9.57. The van der Waals surface area contributed by atoms with Crippen LogP contribution in [0.5, 0.6) is 0 Å². The Balaban J connectivity index is 2.37. The van der Waals surface area contributed by atoms with Crippen LogP contribution in [0.4, 0.5) is 0 Å². The molecule has 150 valence electrons. The number of aromatic amines is 1. The number of hydrogen-bond acceptors (Lipinski definition) is 4. The van der Waals surface area contributed by atoms with Crippen LogP contribution < -0.4 is 0 Å². The van der Waals surface area contributed by atoms with Crippen molar-refractivity contribution in [3.8, 4) is 0 Å². The number of aromatic nitrogens is 1. The Morgan fingerprint density at radius 3 is 2.25 bits per heavy atom. The van der Waals surface area contributed by atoms with Crippen LogP contribution in [0.25, 0.3) is 0 Å². The van der Waals surface area contributed by atoms with Crippen LogP contribution in [0.15, 0.2) is 24.3 Å². The maximum atomic E-state index is 13.3. The molecule has 0 aliphatic heterocycles. The van der Waals surface area contributed by atoms with E-state index >= 15 is 0 Å². The average molecular weight is 384 g/mol. The number of carbonyl (C=O) groups is 3. The Kier molecular flexibility index (Phi) is 6.78. The molecule has 1 heterocycles. The van der Waals surface area contributed by atoms with Crippen molar-refractivity contribution in [1.29, 1.82) is 0 Å². The van der Waals surface area contributed by atoms with Crippen molar-refractivity contribution in [1.82, 2.24) is 9.88 Å². The second-order valence-corrected chi connectivity index (χ2v) is 7.02. The Labute approximate surface area is 165 Å². The summed E-state index contributed by atoms with van der Waals surface area (Å²) in [6.07, 6.45) is 0.730. The highest BCUT2D eigenvalue weighted by molar-refractivity contribution is 6.07. The first-order valence-electron chi connectivity index (χ1n) is 9.42. The molecule has 1 amide bonds. The number of amides is 1. The lowest BCUT2D eigenvalue weighted by molar-refractivity contribution is 0.0592. The molecular weight excluding hydrogens is 356 g/mol. The Morgan fingerprint density at radius 2 is 1.71 bits per heavy atom. The number of H-pyrrole nitrogens is 1. The number of benzene rings is 1. The van der Waals surface area contributed by atoms with Gasteiger partial charge in [-0.2, -0.15) is 0 Å². The quantitative estimate of drug-likeness (QED) is 0.581. The van der Waals surface area contributed by atoms with E-state index in [0.29, 0.717) is 28.9 Å². The number of aryl methyl sites for hydroxylation is 2. The number of Topliss-reactive ketones (excluding diaryl/α,β-unsaturated/α-hetero) is 1. The van der Waals surface area contributed by atoms with Gasteiger partial charge in [-0.3, -0.25) is 9.59 Å². The van der Waals surface area contributed by atoms with Crippen molar-refractivity contribution in [2.75, 3.05) is 13.7 Å². The predicted octanol–water partition coefficient (Wildman–Crippen LogP) is 3.85. The van der Waals surface area contributed by atoms with E-state index < -0.39 is 12.0 Å². The molecule has 0 fully saturated rings. The van der Waals surface area contributed by atoms with E-state index in [1.807, 2.05) is 26.0 Å². The van der Waals surface area contributed by atoms with Gasteiger partial charge in [0.05, 0.1) is 13.2 Å². The van der Waals surface area contributed by atoms with Crippen molar-refractivity contribution in [3.05, 3.63) is 57.9 Å². The molecule has 1 N–H and O–H groups in total. The number of carbonyl (C=O) groups excluding carboxylic acids is 3. The lowest BCUT2D eigenvalue weighted by Gasteiger charge is -2.28. The molecule has 1 aromatic heterocycles. The molecule has 1 aromatic carbocycles. The van der Waals surface area contributed by atoms with Gasteiger partial charge in [-0.05, 0) is 51.8 Å². The maximum Gasteiger partial charge on any atom is 0.354 e. The van der Waals surface area contributed by atoms with Gasteiger partial charge in [0.1, 0.15) is 5.69 Å². The summed E-state index contributed by atoms with van der Waals surface area (Å²) in [6, 6.07) is 6.66. The minimum Gasteiger partial charge on any atom is -0.464 e. The zero-order valence-corrected chi connectivity index (χ0v) is 17.4. The van der Waals surface area contributed by atoms with Crippen LogP contribution in [0, 0.1) is 20.8 Å². The topological polar surface area (TPSA) is 79.5 Å². The zero-order chi connectivity index (χ0) is 21.0. The largest absolute Gasteiger partial charge is 0.464 e. The molecule has 2 rings (SSSR count). The standard InChI is InChI=1S/C22H28N2O4/c1-7-12-24(21(26)17-10-8-13(2)9-11-17)16(5)20(25)18-14(3)19(22(27)28-6)23-15(18)4/h8-11,16,23H,7,12H2,1-6H3/t16-/m1/s1. The summed E-state index contributed by atoms with van der Waals surface area (Å²) in [5.74, 6) is -0.898. The van der Waals surface area contributed by atoms with Gasteiger partial charge < -0.3 is 14.6 Å². The molecule has 28 heavy (non-hydrogen) atoms. The number of nitrogens with zero attached hydrogens (tertiary/aromatic N) is 1. The first kappa shape index (κ1) is 21.4. The van der Waals surface area contributed by atoms with Gasteiger partial charge in [-0.25, -0.2) is 4.79 Å². The highest BCUT2D eigenvalue weighted by atomic mass is 16.5. The second kappa shape index (κ2) is 8.87. The fraction of sp³-hybridized carbons (Fsp3) is 0.409. The van der Waals surface area contributed by atoms with Crippen molar-refractivity contribution in [3.63, 3.8) is 0 Å². The molecule has 0 bridgehead atoms. The van der Waals surface area contributed by atoms with Gasteiger partial charge in [0.15, 0.2) is 5.78 Å². The Morgan fingerprint density at radius 1 is 1.11 bits per heavy atom. The summed E-state index contributed by atoms with van der Waals surface area (Å²) in [5.41, 5.74) is 3.45. The monoisotopic (exact) mass is 384 g/mol. The Bertz CT molecular complexity index is 881. The Hall–Kier alpha value is -2.89. The van der Waals surface area contributed by atoms with Crippen molar-refractivity contribution < 1.29 is 19.1 Å². The number of hydrogen-bond donors (Lipinski definition) is 1.